The van der Waals surface area contributed by atoms with Gasteiger partial charge in [0.25, 0.3) is 5.69 Å². The Kier molecular flexibility index (Phi) is 4.68. The quantitative estimate of drug-likeness (QED) is 0.686. The first kappa shape index (κ1) is 13.5. The van der Waals surface area contributed by atoms with E-state index in [4.69, 9.17) is 0 Å². The molecule has 0 radical (unpaired) electrons. The highest BCUT2D eigenvalue weighted by atomic mass is 79.9. The van der Waals surface area contributed by atoms with Crippen LogP contribution in [0.1, 0.15) is 12.0 Å². The smallest absolute Gasteiger partial charge is 0.275 e. The number of halogens is 1. The van der Waals surface area contributed by atoms with Gasteiger partial charge in [0.05, 0.1) is 4.92 Å². The van der Waals surface area contributed by atoms with E-state index in [0.29, 0.717) is 6.54 Å². The predicted octanol–water partition coefficient (Wildman–Crippen LogP) is 2.15. The van der Waals surface area contributed by atoms with Crippen molar-refractivity contribution in [3.8, 4) is 0 Å². The van der Waals surface area contributed by atoms with E-state index in [0.717, 1.165) is 42.6 Å². The highest BCUT2D eigenvalue weighted by molar-refractivity contribution is 9.10. The minimum Gasteiger partial charge on any atom is -0.315 e. The standard InChI is InChI=1S/C12H16BrN3O2/c13-11-3-2-10(12(8-11)16(17)18)9-15-6-1-4-14-5-7-15/h2-3,8,14H,1,4-7,9H2. The molecule has 1 fully saturated rings. The van der Waals surface area contributed by atoms with Crippen LogP contribution in [0.15, 0.2) is 22.7 Å². The van der Waals surface area contributed by atoms with E-state index >= 15 is 0 Å². The van der Waals surface area contributed by atoms with Gasteiger partial charge in [-0.1, -0.05) is 15.9 Å². The molecular weight excluding hydrogens is 298 g/mol. The number of rotatable bonds is 3. The number of hydrogen-bond acceptors (Lipinski definition) is 4. The molecule has 1 aliphatic heterocycles. The summed E-state index contributed by atoms with van der Waals surface area (Å²) in [5.41, 5.74) is 0.978. The highest BCUT2D eigenvalue weighted by Crippen LogP contribution is 2.24. The molecule has 0 aliphatic carbocycles. The van der Waals surface area contributed by atoms with Gasteiger partial charge < -0.3 is 5.32 Å². The first-order valence-electron chi connectivity index (χ1n) is 6.03. The van der Waals surface area contributed by atoms with Crippen LogP contribution in [-0.4, -0.2) is 36.0 Å². The van der Waals surface area contributed by atoms with Gasteiger partial charge in [0.2, 0.25) is 0 Å². The van der Waals surface area contributed by atoms with Crippen LogP contribution in [0, 0.1) is 10.1 Å². The molecule has 98 valence electrons. The average Bonchev–Trinajstić information content (AvgIpc) is 2.60. The summed E-state index contributed by atoms with van der Waals surface area (Å²) in [5, 5.41) is 14.4. The van der Waals surface area contributed by atoms with Gasteiger partial charge in [-0.15, -0.1) is 0 Å². The van der Waals surface area contributed by atoms with Crippen LogP contribution in [0.3, 0.4) is 0 Å². The normalized spacial score (nSPS) is 17.4. The number of nitrogens with zero attached hydrogens (tertiary/aromatic N) is 2. The third-order valence-electron chi connectivity index (χ3n) is 3.07. The topological polar surface area (TPSA) is 58.4 Å². The third kappa shape index (κ3) is 3.51. The van der Waals surface area contributed by atoms with Crippen LogP contribution in [0.5, 0.6) is 0 Å². The molecule has 1 aliphatic rings. The molecule has 6 heteroatoms. The molecular formula is C12H16BrN3O2. The second-order valence-corrected chi connectivity index (χ2v) is 5.33. The van der Waals surface area contributed by atoms with Crippen molar-refractivity contribution in [3.05, 3.63) is 38.3 Å². The molecule has 0 atom stereocenters. The van der Waals surface area contributed by atoms with Crippen molar-refractivity contribution in [1.82, 2.24) is 10.2 Å². The minimum atomic E-state index is -0.309. The Labute approximate surface area is 114 Å². The molecule has 0 amide bonds. The van der Waals surface area contributed by atoms with Crippen molar-refractivity contribution in [2.75, 3.05) is 26.2 Å². The first-order valence-corrected chi connectivity index (χ1v) is 6.82. The van der Waals surface area contributed by atoms with Gasteiger partial charge in [0.1, 0.15) is 0 Å². The Morgan fingerprint density at radius 3 is 3.00 bits per heavy atom. The second kappa shape index (κ2) is 6.26. The van der Waals surface area contributed by atoms with E-state index in [1.807, 2.05) is 12.1 Å². The van der Waals surface area contributed by atoms with Crippen LogP contribution >= 0.6 is 15.9 Å². The zero-order valence-corrected chi connectivity index (χ0v) is 11.6. The molecule has 18 heavy (non-hydrogen) atoms. The summed E-state index contributed by atoms with van der Waals surface area (Å²) < 4.78 is 0.746. The van der Waals surface area contributed by atoms with Crippen molar-refractivity contribution in [1.29, 1.82) is 0 Å². The zero-order valence-electron chi connectivity index (χ0n) is 10.1. The predicted molar refractivity (Wildman–Crippen MR) is 73.6 cm³/mol. The molecule has 1 aromatic carbocycles. The average molecular weight is 314 g/mol. The molecule has 0 saturated carbocycles. The summed E-state index contributed by atoms with van der Waals surface area (Å²) in [6.07, 6.45) is 1.09. The molecule has 1 heterocycles. The van der Waals surface area contributed by atoms with E-state index < -0.39 is 0 Å². The molecule has 0 aromatic heterocycles. The van der Waals surface area contributed by atoms with Gasteiger partial charge in [-0.25, -0.2) is 0 Å². The molecule has 0 bridgehead atoms. The summed E-state index contributed by atoms with van der Waals surface area (Å²) in [4.78, 5) is 13.0. The van der Waals surface area contributed by atoms with Crippen LogP contribution < -0.4 is 5.32 Å². The van der Waals surface area contributed by atoms with Crippen molar-refractivity contribution < 1.29 is 4.92 Å². The number of benzene rings is 1. The minimum absolute atomic E-state index is 0.196. The molecule has 1 saturated heterocycles. The first-order chi connectivity index (χ1) is 8.66. The maximum Gasteiger partial charge on any atom is 0.275 e. The summed E-state index contributed by atoms with van der Waals surface area (Å²) in [5.74, 6) is 0. The van der Waals surface area contributed by atoms with Gasteiger partial charge in [-0.05, 0) is 31.6 Å². The fourth-order valence-corrected chi connectivity index (χ4v) is 2.49. The van der Waals surface area contributed by atoms with E-state index in [2.05, 4.69) is 26.1 Å². The summed E-state index contributed by atoms with van der Waals surface area (Å²) >= 11 is 3.27. The Morgan fingerprint density at radius 1 is 1.39 bits per heavy atom. The zero-order chi connectivity index (χ0) is 13.0. The Morgan fingerprint density at radius 2 is 2.22 bits per heavy atom. The van der Waals surface area contributed by atoms with E-state index in [9.17, 15) is 10.1 Å². The van der Waals surface area contributed by atoms with E-state index in [-0.39, 0.29) is 10.6 Å². The van der Waals surface area contributed by atoms with Crippen molar-refractivity contribution in [2.24, 2.45) is 0 Å². The largest absolute Gasteiger partial charge is 0.315 e. The van der Waals surface area contributed by atoms with Crippen molar-refractivity contribution in [2.45, 2.75) is 13.0 Å². The molecule has 1 N–H and O–H groups in total. The molecule has 0 unspecified atom stereocenters. The summed E-state index contributed by atoms with van der Waals surface area (Å²) in [6, 6.07) is 5.27. The van der Waals surface area contributed by atoms with Gasteiger partial charge in [-0.2, -0.15) is 0 Å². The number of nitro groups is 1. The second-order valence-electron chi connectivity index (χ2n) is 4.41. The van der Waals surface area contributed by atoms with Gasteiger partial charge >= 0.3 is 0 Å². The van der Waals surface area contributed by atoms with Gasteiger partial charge in [0, 0.05) is 35.7 Å². The third-order valence-corrected chi connectivity index (χ3v) is 3.56. The Balaban J connectivity index is 2.14. The number of nitrogens with one attached hydrogen (secondary N) is 1. The number of nitro benzene ring substituents is 1. The summed E-state index contributed by atoms with van der Waals surface area (Å²) in [6.45, 7) is 4.54. The fraction of sp³-hybridized carbons (Fsp3) is 0.500. The molecule has 1 aromatic rings. The summed E-state index contributed by atoms with van der Waals surface area (Å²) in [7, 11) is 0. The molecule has 2 rings (SSSR count). The lowest BCUT2D eigenvalue weighted by Gasteiger charge is -2.19. The lowest BCUT2D eigenvalue weighted by atomic mass is 10.1. The lowest BCUT2D eigenvalue weighted by Crippen LogP contribution is -2.27. The maximum absolute atomic E-state index is 11.0. The van der Waals surface area contributed by atoms with E-state index in [1.165, 1.54) is 0 Å². The Hall–Kier alpha value is -0.980. The highest BCUT2D eigenvalue weighted by Gasteiger charge is 2.17. The van der Waals surface area contributed by atoms with Crippen LogP contribution in [0.2, 0.25) is 0 Å². The van der Waals surface area contributed by atoms with Crippen molar-refractivity contribution >= 4 is 21.6 Å². The molecule has 0 spiro atoms. The number of hydrogen-bond donors (Lipinski definition) is 1. The fourth-order valence-electron chi connectivity index (χ4n) is 2.14. The van der Waals surface area contributed by atoms with E-state index in [1.54, 1.807) is 6.07 Å². The van der Waals surface area contributed by atoms with Crippen LogP contribution in [0.25, 0.3) is 0 Å². The van der Waals surface area contributed by atoms with Crippen LogP contribution in [0.4, 0.5) is 5.69 Å². The maximum atomic E-state index is 11.0. The Bertz CT molecular complexity index is 431. The van der Waals surface area contributed by atoms with Gasteiger partial charge in [-0.3, -0.25) is 15.0 Å². The van der Waals surface area contributed by atoms with Gasteiger partial charge in [0.15, 0.2) is 0 Å². The molecule has 5 nitrogen and oxygen atoms in total. The van der Waals surface area contributed by atoms with Crippen molar-refractivity contribution in [3.63, 3.8) is 0 Å². The lowest BCUT2D eigenvalue weighted by molar-refractivity contribution is -0.385. The SMILES string of the molecule is O=[N+]([O-])c1cc(Br)ccc1CN1CCCNCC1. The van der Waals surface area contributed by atoms with Crippen LogP contribution in [-0.2, 0) is 6.54 Å². The monoisotopic (exact) mass is 313 g/mol.